The smallest absolute Gasteiger partial charge is 0.224 e. The Morgan fingerprint density at radius 3 is 2.55 bits per heavy atom. The van der Waals surface area contributed by atoms with Crippen LogP contribution in [-0.4, -0.2) is 37.4 Å². The zero-order valence-electron chi connectivity index (χ0n) is 11.4. The Kier molecular flexibility index (Phi) is 5.40. The summed E-state index contributed by atoms with van der Waals surface area (Å²) in [4.78, 5) is 11.9. The molecule has 0 aromatic heterocycles. The molecule has 0 saturated carbocycles. The average Bonchev–Trinajstić information content (AvgIpc) is 2.49. The van der Waals surface area contributed by atoms with Crippen LogP contribution in [0.4, 0.5) is 0 Å². The maximum absolute atomic E-state index is 11.9. The lowest BCUT2D eigenvalue weighted by molar-refractivity contribution is -0.121. The Bertz CT molecular complexity index is 441. The van der Waals surface area contributed by atoms with Gasteiger partial charge in [-0.15, -0.1) is 0 Å². The van der Waals surface area contributed by atoms with E-state index in [1.165, 1.54) is 0 Å². The van der Waals surface area contributed by atoms with Gasteiger partial charge < -0.3 is 15.2 Å². The van der Waals surface area contributed by atoms with Crippen LogP contribution in [0.25, 0.3) is 0 Å². The van der Waals surface area contributed by atoms with Crippen molar-refractivity contribution in [1.29, 1.82) is 0 Å². The summed E-state index contributed by atoms with van der Waals surface area (Å²) < 4.78 is 5.30. The Morgan fingerprint density at radius 2 is 1.95 bits per heavy atom. The highest BCUT2D eigenvalue weighted by molar-refractivity contribution is 6.30. The van der Waals surface area contributed by atoms with Gasteiger partial charge >= 0.3 is 0 Å². The first-order valence-electron chi connectivity index (χ1n) is 6.83. The highest BCUT2D eigenvalue weighted by Gasteiger charge is 2.32. The van der Waals surface area contributed by atoms with Crippen molar-refractivity contribution in [2.75, 3.05) is 26.4 Å². The number of carbonyl (C=O) groups excluding carboxylic acids is 1. The van der Waals surface area contributed by atoms with Crippen LogP contribution in [0, 0.1) is 5.41 Å². The van der Waals surface area contributed by atoms with Gasteiger partial charge in [0, 0.05) is 30.2 Å². The van der Waals surface area contributed by atoms with E-state index < -0.39 is 0 Å². The summed E-state index contributed by atoms with van der Waals surface area (Å²) in [6.45, 7) is 1.87. The lowest BCUT2D eigenvalue weighted by Crippen LogP contribution is -2.44. The van der Waals surface area contributed by atoms with Gasteiger partial charge in [0.1, 0.15) is 0 Å². The molecule has 0 aliphatic carbocycles. The molecule has 5 heteroatoms. The Labute approximate surface area is 124 Å². The van der Waals surface area contributed by atoms with E-state index in [2.05, 4.69) is 5.32 Å². The number of hydrogen-bond acceptors (Lipinski definition) is 3. The van der Waals surface area contributed by atoms with E-state index in [1.54, 1.807) is 12.1 Å². The first-order chi connectivity index (χ1) is 9.63. The summed E-state index contributed by atoms with van der Waals surface area (Å²) in [5, 5.41) is 13.1. The second-order valence-electron chi connectivity index (χ2n) is 5.35. The molecule has 0 radical (unpaired) electrons. The van der Waals surface area contributed by atoms with Crippen molar-refractivity contribution in [3.05, 3.63) is 34.9 Å². The molecule has 20 heavy (non-hydrogen) atoms. The fourth-order valence-electron chi connectivity index (χ4n) is 2.33. The molecular formula is C15H20ClNO3. The summed E-state index contributed by atoms with van der Waals surface area (Å²) >= 11 is 5.81. The van der Waals surface area contributed by atoms with Crippen molar-refractivity contribution in [2.24, 2.45) is 5.41 Å². The molecule has 1 amide bonds. The molecule has 2 N–H and O–H groups in total. The predicted molar refractivity (Wildman–Crippen MR) is 77.7 cm³/mol. The quantitative estimate of drug-likeness (QED) is 0.871. The second kappa shape index (κ2) is 7.07. The third kappa shape index (κ3) is 4.20. The molecule has 1 aromatic rings. The first-order valence-corrected chi connectivity index (χ1v) is 7.21. The molecule has 1 saturated heterocycles. The highest BCUT2D eigenvalue weighted by Crippen LogP contribution is 2.28. The molecule has 0 unspecified atom stereocenters. The zero-order valence-corrected chi connectivity index (χ0v) is 12.2. The Hall–Kier alpha value is -1.10. The topological polar surface area (TPSA) is 58.6 Å². The Balaban J connectivity index is 1.83. The molecule has 0 atom stereocenters. The van der Waals surface area contributed by atoms with Crippen molar-refractivity contribution in [1.82, 2.24) is 5.32 Å². The summed E-state index contributed by atoms with van der Waals surface area (Å²) in [5.74, 6) is -0.0355. The van der Waals surface area contributed by atoms with Crippen LogP contribution in [0.15, 0.2) is 24.3 Å². The predicted octanol–water partition coefficient (Wildman–Crippen LogP) is 1.79. The van der Waals surface area contributed by atoms with E-state index in [0.29, 0.717) is 31.2 Å². The Morgan fingerprint density at radius 1 is 1.30 bits per heavy atom. The van der Waals surface area contributed by atoms with Gasteiger partial charge in [0.15, 0.2) is 0 Å². The minimum Gasteiger partial charge on any atom is -0.396 e. The molecule has 1 aliphatic heterocycles. The van der Waals surface area contributed by atoms with Crippen LogP contribution in [0.5, 0.6) is 0 Å². The van der Waals surface area contributed by atoms with Crippen molar-refractivity contribution in [3.8, 4) is 0 Å². The number of benzene rings is 1. The van der Waals surface area contributed by atoms with Gasteiger partial charge in [-0.25, -0.2) is 0 Å². The van der Waals surface area contributed by atoms with E-state index in [4.69, 9.17) is 16.3 Å². The van der Waals surface area contributed by atoms with E-state index in [9.17, 15) is 9.90 Å². The minimum atomic E-state index is -0.228. The standard InChI is InChI=1S/C15H20ClNO3/c16-13-3-1-12(2-4-13)9-14(19)17-10-15(11-18)5-7-20-8-6-15/h1-4,18H,5-11H2,(H,17,19). The van der Waals surface area contributed by atoms with Gasteiger partial charge in [-0.1, -0.05) is 23.7 Å². The number of aliphatic hydroxyl groups is 1. The number of nitrogens with one attached hydrogen (secondary N) is 1. The van der Waals surface area contributed by atoms with Crippen molar-refractivity contribution >= 4 is 17.5 Å². The van der Waals surface area contributed by atoms with Crippen molar-refractivity contribution < 1.29 is 14.6 Å². The number of halogens is 1. The number of hydrogen-bond donors (Lipinski definition) is 2. The summed E-state index contributed by atoms with van der Waals surface area (Å²) in [7, 11) is 0. The number of aliphatic hydroxyl groups excluding tert-OH is 1. The normalized spacial score (nSPS) is 17.7. The van der Waals surface area contributed by atoms with Gasteiger partial charge in [-0.05, 0) is 30.5 Å². The molecule has 0 spiro atoms. The molecule has 4 nitrogen and oxygen atoms in total. The molecule has 1 fully saturated rings. The number of ether oxygens (including phenoxy) is 1. The van der Waals surface area contributed by atoms with Gasteiger partial charge in [-0.3, -0.25) is 4.79 Å². The fraction of sp³-hybridized carbons (Fsp3) is 0.533. The van der Waals surface area contributed by atoms with Crippen LogP contribution >= 0.6 is 11.6 Å². The highest BCUT2D eigenvalue weighted by atomic mass is 35.5. The van der Waals surface area contributed by atoms with Crippen LogP contribution in [-0.2, 0) is 16.0 Å². The van der Waals surface area contributed by atoms with Crippen LogP contribution in [0.3, 0.4) is 0 Å². The fourth-order valence-corrected chi connectivity index (χ4v) is 2.46. The van der Waals surface area contributed by atoms with Gasteiger partial charge in [0.25, 0.3) is 0 Å². The van der Waals surface area contributed by atoms with E-state index in [1.807, 2.05) is 12.1 Å². The maximum atomic E-state index is 11.9. The maximum Gasteiger partial charge on any atom is 0.224 e. The van der Waals surface area contributed by atoms with Crippen LogP contribution in [0.2, 0.25) is 5.02 Å². The average molecular weight is 298 g/mol. The van der Waals surface area contributed by atoms with Crippen molar-refractivity contribution in [3.63, 3.8) is 0 Å². The van der Waals surface area contributed by atoms with E-state index >= 15 is 0 Å². The lowest BCUT2D eigenvalue weighted by atomic mass is 9.81. The number of carbonyl (C=O) groups is 1. The van der Waals surface area contributed by atoms with Gasteiger partial charge in [0.05, 0.1) is 13.0 Å². The summed E-state index contributed by atoms with van der Waals surface area (Å²) in [6.07, 6.45) is 1.89. The van der Waals surface area contributed by atoms with E-state index in [-0.39, 0.29) is 17.9 Å². The SMILES string of the molecule is O=C(Cc1ccc(Cl)cc1)NCC1(CO)CCOCC1. The third-order valence-corrected chi connectivity index (χ3v) is 4.08. The van der Waals surface area contributed by atoms with Gasteiger partial charge in [-0.2, -0.15) is 0 Å². The van der Waals surface area contributed by atoms with Crippen LogP contribution in [0.1, 0.15) is 18.4 Å². The molecule has 2 rings (SSSR count). The first kappa shape index (κ1) is 15.3. The summed E-state index contributed by atoms with van der Waals surface area (Å²) in [5.41, 5.74) is 0.699. The molecule has 110 valence electrons. The minimum absolute atomic E-state index is 0.0355. The number of amides is 1. The summed E-state index contributed by atoms with van der Waals surface area (Å²) in [6, 6.07) is 7.24. The molecule has 1 aliphatic rings. The molecular weight excluding hydrogens is 278 g/mol. The zero-order chi connectivity index (χ0) is 14.4. The molecule has 0 bridgehead atoms. The third-order valence-electron chi connectivity index (χ3n) is 3.83. The lowest BCUT2D eigenvalue weighted by Gasteiger charge is -2.35. The van der Waals surface area contributed by atoms with E-state index in [0.717, 1.165) is 18.4 Å². The molecule has 1 aromatic carbocycles. The van der Waals surface area contributed by atoms with Crippen LogP contribution < -0.4 is 5.32 Å². The van der Waals surface area contributed by atoms with Gasteiger partial charge in [0.2, 0.25) is 5.91 Å². The molecule has 1 heterocycles. The second-order valence-corrected chi connectivity index (χ2v) is 5.79. The number of rotatable bonds is 5. The monoisotopic (exact) mass is 297 g/mol. The largest absolute Gasteiger partial charge is 0.396 e. The van der Waals surface area contributed by atoms with Crippen molar-refractivity contribution in [2.45, 2.75) is 19.3 Å².